The van der Waals surface area contributed by atoms with Crippen molar-refractivity contribution < 1.29 is 9.18 Å². The van der Waals surface area contributed by atoms with Crippen LogP contribution in [0, 0.1) is 5.82 Å². The first-order valence-electron chi connectivity index (χ1n) is 7.87. The Kier molecular flexibility index (Phi) is 3.74. The third kappa shape index (κ3) is 2.95. The number of hydrogen-bond donors (Lipinski definition) is 2. The molecule has 21 heavy (non-hydrogen) atoms. The minimum atomic E-state index is -0.626. The van der Waals surface area contributed by atoms with Gasteiger partial charge in [-0.25, -0.2) is 4.39 Å². The molecule has 0 radical (unpaired) electrons. The maximum absolute atomic E-state index is 13.2. The van der Waals surface area contributed by atoms with Gasteiger partial charge in [-0.3, -0.25) is 4.79 Å². The lowest BCUT2D eigenvalue weighted by molar-refractivity contribution is -0.123. The van der Waals surface area contributed by atoms with Gasteiger partial charge in [-0.1, -0.05) is 31.4 Å². The standard InChI is InChI=1S/C17H23FN2O/c18-14-6-4-13(5-7-14)16(8-2-1-3-9-16)12-20-15(21)17(19)10-11-17/h4-7H,1-3,8-12,19H2,(H,20,21). The lowest BCUT2D eigenvalue weighted by atomic mass is 9.69. The van der Waals surface area contributed by atoms with E-state index >= 15 is 0 Å². The largest absolute Gasteiger partial charge is 0.354 e. The second-order valence-electron chi connectivity index (χ2n) is 6.69. The highest BCUT2D eigenvalue weighted by Crippen LogP contribution is 2.39. The van der Waals surface area contributed by atoms with E-state index < -0.39 is 5.54 Å². The second-order valence-corrected chi connectivity index (χ2v) is 6.69. The summed E-state index contributed by atoms with van der Waals surface area (Å²) >= 11 is 0. The summed E-state index contributed by atoms with van der Waals surface area (Å²) in [6, 6.07) is 6.75. The van der Waals surface area contributed by atoms with Gasteiger partial charge in [0.05, 0.1) is 5.54 Å². The molecule has 0 atom stereocenters. The van der Waals surface area contributed by atoms with Gasteiger partial charge in [-0.05, 0) is 43.4 Å². The fourth-order valence-corrected chi connectivity index (χ4v) is 3.39. The number of carbonyl (C=O) groups is 1. The molecule has 2 aliphatic carbocycles. The van der Waals surface area contributed by atoms with Crippen LogP contribution in [-0.2, 0) is 10.2 Å². The normalized spacial score (nSPS) is 22.6. The molecular weight excluding hydrogens is 267 g/mol. The smallest absolute Gasteiger partial charge is 0.240 e. The molecular formula is C17H23FN2O. The Hall–Kier alpha value is -1.42. The van der Waals surface area contributed by atoms with Gasteiger partial charge < -0.3 is 11.1 Å². The topological polar surface area (TPSA) is 55.1 Å². The number of hydrogen-bond acceptors (Lipinski definition) is 2. The quantitative estimate of drug-likeness (QED) is 0.895. The van der Waals surface area contributed by atoms with Crippen molar-refractivity contribution in [1.29, 1.82) is 0 Å². The van der Waals surface area contributed by atoms with Crippen LogP contribution in [0.5, 0.6) is 0 Å². The lowest BCUT2D eigenvalue weighted by Gasteiger charge is -2.38. The molecule has 0 saturated heterocycles. The molecule has 2 aliphatic rings. The van der Waals surface area contributed by atoms with Gasteiger partial charge in [0.15, 0.2) is 0 Å². The molecule has 1 amide bonds. The zero-order valence-corrected chi connectivity index (χ0v) is 12.3. The summed E-state index contributed by atoms with van der Waals surface area (Å²) in [5, 5.41) is 3.05. The highest BCUT2D eigenvalue weighted by atomic mass is 19.1. The lowest BCUT2D eigenvalue weighted by Crippen LogP contribution is -2.49. The first kappa shape index (κ1) is 14.5. The third-order valence-corrected chi connectivity index (χ3v) is 5.10. The zero-order valence-electron chi connectivity index (χ0n) is 12.3. The minimum absolute atomic E-state index is 0.0328. The number of benzene rings is 1. The summed E-state index contributed by atoms with van der Waals surface area (Å²) in [5.41, 5.74) is 6.39. The fraction of sp³-hybridized carbons (Fsp3) is 0.588. The number of halogens is 1. The van der Waals surface area contributed by atoms with E-state index in [1.54, 1.807) is 0 Å². The summed E-state index contributed by atoms with van der Waals surface area (Å²) < 4.78 is 13.2. The van der Waals surface area contributed by atoms with Gasteiger partial charge in [0.2, 0.25) is 5.91 Å². The van der Waals surface area contributed by atoms with E-state index in [2.05, 4.69) is 5.32 Å². The van der Waals surface area contributed by atoms with Gasteiger partial charge in [0.1, 0.15) is 5.82 Å². The van der Waals surface area contributed by atoms with E-state index in [1.807, 2.05) is 12.1 Å². The minimum Gasteiger partial charge on any atom is -0.354 e. The molecule has 2 fully saturated rings. The van der Waals surface area contributed by atoms with E-state index in [4.69, 9.17) is 5.73 Å². The molecule has 3 rings (SSSR count). The maximum Gasteiger partial charge on any atom is 0.240 e. The Morgan fingerprint density at radius 2 is 1.71 bits per heavy atom. The van der Waals surface area contributed by atoms with E-state index in [1.165, 1.54) is 18.6 Å². The molecule has 0 heterocycles. The van der Waals surface area contributed by atoms with Crippen molar-refractivity contribution in [1.82, 2.24) is 5.32 Å². The Bertz CT molecular complexity index is 516. The van der Waals surface area contributed by atoms with Gasteiger partial charge in [-0.2, -0.15) is 0 Å². The van der Waals surface area contributed by atoms with Crippen molar-refractivity contribution in [2.45, 2.75) is 55.9 Å². The number of amides is 1. The first-order valence-corrected chi connectivity index (χ1v) is 7.87. The number of rotatable bonds is 4. The highest BCUT2D eigenvalue weighted by molar-refractivity contribution is 5.89. The number of carbonyl (C=O) groups excluding carboxylic acids is 1. The molecule has 0 aliphatic heterocycles. The molecule has 0 unspecified atom stereocenters. The predicted octanol–water partition coefficient (Wildman–Crippen LogP) is 2.64. The first-order chi connectivity index (χ1) is 10.0. The number of nitrogens with two attached hydrogens (primary N) is 1. The van der Waals surface area contributed by atoms with Gasteiger partial charge in [-0.15, -0.1) is 0 Å². The molecule has 4 heteroatoms. The average molecular weight is 290 g/mol. The van der Waals surface area contributed by atoms with Crippen LogP contribution < -0.4 is 11.1 Å². The van der Waals surface area contributed by atoms with Crippen LogP contribution in [-0.4, -0.2) is 18.0 Å². The Balaban J connectivity index is 1.76. The van der Waals surface area contributed by atoms with Crippen LogP contribution in [0.3, 0.4) is 0 Å². The summed E-state index contributed by atoms with van der Waals surface area (Å²) in [4.78, 5) is 12.1. The summed E-state index contributed by atoms with van der Waals surface area (Å²) in [5.74, 6) is -0.248. The summed E-state index contributed by atoms with van der Waals surface area (Å²) in [7, 11) is 0. The molecule has 0 spiro atoms. The van der Waals surface area contributed by atoms with Crippen molar-refractivity contribution in [3.63, 3.8) is 0 Å². The molecule has 3 N–H and O–H groups in total. The molecule has 0 aromatic heterocycles. The van der Waals surface area contributed by atoms with E-state index in [0.29, 0.717) is 6.54 Å². The van der Waals surface area contributed by atoms with Crippen molar-refractivity contribution in [3.05, 3.63) is 35.6 Å². The molecule has 1 aromatic rings. The molecule has 3 nitrogen and oxygen atoms in total. The van der Waals surface area contributed by atoms with Crippen LogP contribution in [0.1, 0.15) is 50.5 Å². The van der Waals surface area contributed by atoms with Crippen LogP contribution in [0.15, 0.2) is 24.3 Å². The average Bonchev–Trinajstić information content (AvgIpc) is 3.25. The fourth-order valence-electron chi connectivity index (χ4n) is 3.39. The van der Waals surface area contributed by atoms with Crippen LogP contribution in [0.2, 0.25) is 0 Å². The van der Waals surface area contributed by atoms with E-state index in [0.717, 1.165) is 44.1 Å². The molecule has 114 valence electrons. The highest BCUT2D eigenvalue weighted by Gasteiger charge is 2.46. The monoisotopic (exact) mass is 290 g/mol. The Morgan fingerprint density at radius 1 is 1.10 bits per heavy atom. The van der Waals surface area contributed by atoms with Crippen LogP contribution in [0.4, 0.5) is 4.39 Å². The molecule has 0 bridgehead atoms. The second kappa shape index (κ2) is 5.41. The Labute approximate surface area is 125 Å². The Morgan fingerprint density at radius 3 is 2.29 bits per heavy atom. The van der Waals surface area contributed by atoms with Crippen molar-refractivity contribution in [2.24, 2.45) is 5.73 Å². The summed E-state index contributed by atoms with van der Waals surface area (Å²) in [6.07, 6.45) is 7.18. The zero-order chi connectivity index (χ0) is 14.9. The van der Waals surface area contributed by atoms with Crippen molar-refractivity contribution >= 4 is 5.91 Å². The van der Waals surface area contributed by atoms with Gasteiger partial charge in [0.25, 0.3) is 0 Å². The van der Waals surface area contributed by atoms with Crippen LogP contribution in [0.25, 0.3) is 0 Å². The van der Waals surface area contributed by atoms with Crippen molar-refractivity contribution in [2.75, 3.05) is 6.54 Å². The SMILES string of the molecule is NC1(C(=O)NCC2(c3ccc(F)cc3)CCCCC2)CC1. The molecule has 2 saturated carbocycles. The molecule has 1 aromatic carbocycles. The van der Waals surface area contributed by atoms with Crippen LogP contribution >= 0.6 is 0 Å². The summed E-state index contributed by atoms with van der Waals surface area (Å²) in [6.45, 7) is 0.608. The van der Waals surface area contributed by atoms with E-state index in [-0.39, 0.29) is 17.1 Å². The van der Waals surface area contributed by atoms with Gasteiger partial charge >= 0.3 is 0 Å². The van der Waals surface area contributed by atoms with Gasteiger partial charge in [0, 0.05) is 12.0 Å². The maximum atomic E-state index is 13.2. The third-order valence-electron chi connectivity index (χ3n) is 5.10. The van der Waals surface area contributed by atoms with E-state index in [9.17, 15) is 9.18 Å². The predicted molar refractivity (Wildman–Crippen MR) is 80.3 cm³/mol. The number of nitrogens with one attached hydrogen (secondary N) is 1. The van der Waals surface area contributed by atoms with Crippen molar-refractivity contribution in [3.8, 4) is 0 Å².